The lowest BCUT2D eigenvalue weighted by Crippen LogP contribution is -2.52. The molecule has 2 heterocycles. The molecule has 3 aromatic carbocycles. The Bertz CT molecular complexity index is 1690. The summed E-state index contributed by atoms with van der Waals surface area (Å²) in [6.07, 6.45) is -0.798. The molecule has 0 bridgehead atoms. The highest BCUT2D eigenvalue weighted by Crippen LogP contribution is 2.49. The van der Waals surface area contributed by atoms with Crippen LogP contribution in [0.15, 0.2) is 66.7 Å². The van der Waals surface area contributed by atoms with Gasteiger partial charge in [0.05, 0.1) is 28.9 Å². The average Bonchev–Trinajstić information content (AvgIpc) is 3.40. The fourth-order valence-corrected chi connectivity index (χ4v) is 6.23. The molecule has 0 radical (unpaired) electrons. The van der Waals surface area contributed by atoms with E-state index in [0.717, 1.165) is 21.0 Å². The summed E-state index contributed by atoms with van der Waals surface area (Å²) in [4.78, 5) is 41.6. The summed E-state index contributed by atoms with van der Waals surface area (Å²) in [7, 11) is 3.25. The van der Waals surface area contributed by atoms with Gasteiger partial charge in [-0.2, -0.15) is 0 Å². The van der Waals surface area contributed by atoms with Crippen LogP contribution in [0.4, 0.5) is 11.4 Å². The number of nitrogens with zero attached hydrogens (tertiary/aromatic N) is 1. The summed E-state index contributed by atoms with van der Waals surface area (Å²) >= 11 is 1.51. The first-order valence-electron chi connectivity index (χ1n) is 13.4. The van der Waals surface area contributed by atoms with Gasteiger partial charge in [0.25, 0.3) is 12.4 Å². The molecule has 216 valence electrons. The van der Waals surface area contributed by atoms with Gasteiger partial charge in [-0.1, -0.05) is 23.8 Å². The first-order chi connectivity index (χ1) is 20.0. The van der Waals surface area contributed by atoms with E-state index in [-0.39, 0.29) is 5.91 Å². The minimum atomic E-state index is -0.832. The number of thiophene rings is 1. The third-order valence-corrected chi connectivity index (χ3v) is 8.28. The molecule has 42 heavy (non-hydrogen) atoms. The molecule has 5 rings (SSSR count). The number of aryl methyl sites for hydroxylation is 2. The van der Waals surface area contributed by atoms with Crippen LogP contribution in [0.5, 0.6) is 11.5 Å². The number of nitrogens with one attached hydrogen (secondary N) is 1. The van der Waals surface area contributed by atoms with Crippen LogP contribution in [0.1, 0.15) is 51.2 Å². The zero-order chi connectivity index (χ0) is 30.2. The second-order valence-corrected chi connectivity index (χ2v) is 12.0. The van der Waals surface area contributed by atoms with Crippen molar-refractivity contribution < 1.29 is 28.6 Å². The van der Waals surface area contributed by atoms with Crippen LogP contribution in [0, 0.1) is 13.8 Å². The number of amides is 1. The van der Waals surface area contributed by atoms with E-state index in [4.69, 9.17) is 14.2 Å². The molecule has 1 aliphatic rings. The predicted octanol–water partition coefficient (Wildman–Crippen LogP) is 6.69. The minimum Gasteiger partial charge on any atom is -0.496 e. The van der Waals surface area contributed by atoms with Gasteiger partial charge in [0, 0.05) is 29.1 Å². The number of hydrogen-bond acceptors (Lipinski definition) is 8. The summed E-state index contributed by atoms with van der Waals surface area (Å²) < 4.78 is 17.2. The van der Waals surface area contributed by atoms with Crippen molar-refractivity contribution in [3.63, 3.8) is 0 Å². The third-order valence-electron chi connectivity index (χ3n) is 7.24. The normalized spacial score (nSPS) is 14.4. The van der Waals surface area contributed by atoms with Gasteiger partial charge in [-0.05, 0) is 75.7 Å². The van der Waals surface area contributed by atoms with Crippen molar-refractivity contribution in [1.29, 1.82) is 0 Å². The molecule has 1 unspecified atom stereocenters. The Kier molecular flexibility index (Phi) is 7.79. The molecular formula is C33H32N2O6S. The number of benzene rings is 3. The van der Waals surface area contributed by atoms with E-state index >= 15 is 0 Å². The van der Waals surface area contributed by atoms with Crippen LogP contribution in [0.2, 0.25) is 0 Å². The molecule has 1 aromatic heterocycles. The van der Waals surface area contributed by atoms with E-state index in [0.29, 0.717) is 45.9 Å². The fourth-order valence-electron chi connectivity index (χ4n) is 5.30. The van der Waals surface area contributed by atoms with Gasteiger partial charge in [0.15, 0.2) is 6.10 Å². The van der Waals surface area contributed by atoms with E-state index in [1.54, 1.807) is 48.3 Å². The quantitative estimate of drug-likeness (QED) is 0.140. The van der Waals surface area contributed by atoms with Crippen molar-refractivity contribution in [3.05, 3.63) is 93.2 Å². The molecule has 1 amide bonds. The van der Waals surface area contributed by atoms with Crippen LogP contribution >= 0.6 is 11.3 Å². The number of rotatable bonds is 8. The summed E-state index contributed by atoms with van der Waals surface area (Å²) in [6, 6.07) is 20.0. The number of carbonyl (C=O) groups is 3. The Morgan fingerprint density at radius 3 is 2.45 bits per heavy atom. The largest absolute Gasteiger partial charge is 0.496 e. The number of ether oxygens (including phenoxy) is 3. The van der Waals surface area contributed by atoms with Gasteiger partial charge in [0.2, 0.25) is 0 Å². The SMILES string of the molecule is COc1cc(OC(=O)c2cccc(C)c2)ccc1-c1ccc2c(c1C(OC=O)c1ccc(C)s1)N(C)C(=O)C(C)(C)N2. The standard InChI is InChI=1S/C33H32N2O6S/c1-19-8-7-9-21(16-19)31(37)41-22-11-12-23(26(17-22)39-6)24-13-14-25-29(35(5)32(38)33(3,4)34-25)28(24)30(40-18-36)27-15-10-20(2)42-27/h7-18,30,34H,1-6H3. The van der Waals surface area contributed by atoms with E-state index < -0.39 is 17.6 Å². The van der Waals surface area contributed by atoms with Crippen LogP contribution in [-0.2, 0) is 14.3 Å². The Morgan fingerprint density at radius 1 is 1.02 bits per heavy atom. The van der Waals surface area contributed by atoms with Crippen molar-refractivity contribution in [2.45, 2.75) is 39.3 Å². The summed E-state index contributed by atoms with van der Waals surface area (Å²) in [5, 5.41) is 3.35. The van der Waals surface area contributed by atoms with Gasteiger partial charge in [-0.25, -0.2) is 4.79 Å². The van der Waals surface area contributed by atoms with Gasteiger partial charge in [-0.15, -0.1) is 11.3 Å². The first-order valence-corrected chi connectivity index (χ1v) is 14.2. The zero-order valence-corrected chi connectivity index (χ0v) is 25.1. The fraction of sp³-hybridized carbons (Fsp3) is 0.242. The Morgan fingerprint density at radius 2 is 1.79 bits per heavy atom. The number of methoxy groups -OCH3 is 1. The molecule has 0 aliphatic carbocycles. The van der Waals surface area contributed by atoms with E-state index in [2.05, 4.69) is 5.32 Å². The number of hydrogen-bond donors (Lipinski definition) is 1. The molecule has 4 aromatic rings. The number of esters is 1. The van der Waals surface area contributed by atoms with E-state index in [1.807, 2.05) is 58.0 Å². The van der Waals surface area contributed by atoms with Gasteiger partial charge in [0.1, 0.15) is 17.0 Å². The summed E-state index contributed by atoms with van der Waals surface area (Å²) in [5.41, 5.74) is 3.89. The number of likely N-dealkylation sites (N-methyl/N-ethyl adjacent to an activating group) is 1. The van der Waals surface area contributed by atoms with Crippen LogP contribution in [0.25, 0.3) is 11.1 Å². The molecule has 0 fully saturated rings. The van der Waals surface area contributed by atoms with Gasteiger partial charge >= 0.3 is 5.97 Å². The van der Waals surface area contributed by atoms with Gasteiger partial charge < -0.3 is 24.4 Å². The maximum absolute atomic E-state index is 13.4. The van der Waals surface area contributed by atoms with Crippen LogP contribution in [0.3, 0.4) is 0 Å². The Balaban J connectivity index is 1.67. The van der Waals surface area contributed by atoms with Crippen LogP contribution < -0.4 is 19.7 Å². The lowest BCUT2D eigenvalue weighted by Gasteiger charge is -2.40. The second-order valence-electron chi connectivity index (χ2n) is 10.7. The monoisotopic (exact) mass is 584 g/mol. The van der Waals surface area contributed by atoms with Crippen molar-refractivity contribution in [2.75, 3.05) is 24.4 Å². The summed E-state index contributed by atoms with van der Waals surface area (Å²) in [5.74, 6) is 0.137. The molecule has 8 nitrogen and oxygen atoms in total. The van der Waals surface area contributed by atoms with Crippen molar-refractivity contribution in [1.82, 2.24) is 0 Å². The van der Waals surface area contributed by atoms with Crippen molar-refractivity contribution >= 4 is 41.1 Å². The predicted molar refractivity (Wildman–Crippen MR) is 164 cm³/mol. The zero-order valence-electron chi connectivity index (χ0n) is 24.3. The first kappa shape index (κ1) is 28.9. The maximum atomic E-state index is 13.4. The van der Waals surface area contributed by atoms with E-state index in [1.165, 1.54) is 18.4 Å². The topological polar surface area (TPSA) is 94.2 Å². The molecule has 1 atom stereocenters. The number of anilines is 2. The minimum absolute atomic E-state index is 0.133. The lowest BCUT2D eigenvalue weighted by molar-refractivity contribution is -0.131. The number of carbonyl (C=O) groups excluding carboxylic acids is 3. The third kappa shape index (κ3) is 5.35. The molecule has 0 saturated heterocycles. The molecule has 1 N–H and O–H groups in total. The molecule has 1 aliphatic heterocycles. The Labute approximate surface area is 248 Å². The van der Waals surface area contributed by atoms with Gasteiger partial charge in [-0.3, -0.25) is 9.59 Å². The highest BCUT2D eigenvalue weighted by molar-refractivity contribution is 7.12. The molecule has 9 heteroatoms. The second kappa shape index (κ2) is 11.3. The Hall–Kier alpha value is -4.63. The highest BCUT2D eigenvalue weighted by Gasteiger charge is 2.40. The van der Waals surface area contributed by atoms with Crippen molar-refractivity contribution in [2.24, 2.45) is 0 Å². The lowest BCUT2D eigenvalue weighted by atomic mass is 9.88. The molecule has 0 saturated carbocycles. The molecular weight excluding hydrogens is 552 g/mol. The number of fused-ring (bicyclic) bond motifs is 1. The maximum Gasteiger partial charge on any atom is 0.343 e. The smallest absolute Gasteiger partial charge is 0.343 e. The van der Waals surface area contributed by atoms with Crippen LogP contribution in [-0.4, -0.2) is 38.0 Å². The van der Waals surface area contributed by atoms with Crippen molar-refractivity contribution in [3.8, 4) is 22.6 Å². The molecule has 0 spiro atoms. The average molecular weight is 585 g/mol. The van der Waals surface area contributed by atoms with E-state index in [9.17, 15) is 14.4 Å². The highest BCUT2D eigenvalue weighted by atomic mass is 32.1. The summed E-state index contributed by atoms with van der Waals surface area (Å²) in [6.45, 7) is 7.96.